The smallest absolute Gasteiger partial charge is 0.250 e. The summed E-state index contributed by atoms with van der Waals surface area (Å²) in [6, 6.07) is 17.2. The Bertz CT molecular complexity index is 947. The van der Waals surface area contributed by atoms with Crippen LogP contribution in [0.5, 0.6) is 0 Å². The molecule has 0 radical (unpaired) electrons. The lowest BCUT2D eigenvalue weighted by molar-refractivity contribution is -0.115. The molecule has 0 saturated heterocycles. The average molecular weight is 377 g/mol. The lowest BCUT2D eigenvalue weighted by Crippen LogP contribution is -2.14. The van der Waals surface area contributed by atoms with Crippen molar-refractivity contribution in [2.45, 2.75) is 13.3 Å². The second-order valence-electron chi connectivity index (χ2n) is 5.97. The summed E-state index contributed by atoms with van der Waals surface area (Å²) in [6.07, 6.45) is 3.35. The summed E-state index contributed by atoms with van der Waals surface area (Å²) < 4.78 is 0. The maximum Gasteiger partial charge on any atom is 0.250 e. The Labute approximate surface area is 161 Å². The molecule has 0 aliphatic heterocycles. The summed E-state index contributed by atoms with van der Waals surface area (Å²) in [5, 5.41) is 7.78. The van der Waals surface area contributed by atoms with E-state index in [1.165, 1.54) is 17.4 Å². The molecule has 27 heavy (non-hydrogen) atoms. The molecule has 0 bridgehead atoms. The van der Waals surface area contributed by atoms with Gasteiger partial charge < -0.3 is 5.32 Å². The highest BCUT2D eigenvalue weighted by Gasteiger charge is 2.09. The normalized spacial score (nSPS) is 10.7. The summed E-state index contributed by atoms with van der Waals surface area (Å²) in [5.41, 5.74) is 3.45. The first-order valence-corrected chi connectivity index (χ1v) is 9.31. The second-order valence-corrected chi connectivity index (χ2v) is 6.83. The van der Waals surface area contributed by atoms with Gasteiger partial charge >= 0.3 is 0 Å². The zero-order valence-electron chi connectivity index (χ0n) is 14.8. The van der Waals surface area contributed by atoms with E-state index in [2.05, 4.69) is 15.6 Å². The second kappa shape index (κ2) is 8.91. The zero-order chi connectivity index (χ0) is 19.1. The van der Waals surface area contributed by atoms with Crippen LogP contribution in [0.25, 0.3) is 6.08 Å². The Hall–Kier alpha value is -3.25. The highest BCUT2D eigenvalue weighted by Crippen LogP contribution is 2.17. The molecule has 1 aromatic heterocycles. The summed E-state index contributed by atoms with van der Waals surface area (Å²) >= 11 is 1.29. The fraction of sp³-hybridized carbons (Fsp3) is 0.0952. The van der Waals surface area contributed by atoms with E-state index < -0.39 is 0 Å². The van der Waals surface area contributed by atoms with E-state index in [0.29, 0.717) is 10.8 Å². The number of benzene rings is 2. The van der Waals surface area contributed by atoms with E-state index >= 15 is 0 Å². The Morgan fingerprint density at radius 1 is 1.04 bits per heavy atom. The minimum atomic E-state index is -0.260. The summed E-state index contributed by atoms with van der Waals surface area (Å²) in [6.45, 7) is 1.99. The fourth-order valence-electron chi connectivity index (χ4n) is 2.34. The van der Waals surface area contributed by atoms with Gasteiger partial charge in [0.25, 0.3) is 0 Å². The van der Waals surface area contributed by atoms with Crippen LogP contribution in [-0.2, 0) is 16.0 Å². The van der Waals surface area contributed by atoms with Crippen LogP contribution >= 0.6 is 11.3 Å². The number of anilines is 2. The monoisotopic (exact) mass is 377 g/mol. The molecule has 0 saturated carbocycles. The van der Waals surface area contributed by atoms with Crippen LogP contribution in [0.1, 0.15) is 16.8 Å². The van der Waals surface area contributed by atoms with Crippen molar-refractivity contribution in [1.82, 2.24) is 4.98 Å². The topological polar surface area (TPSA) is 71.1 Å². The predicted molar refractivity (Wildman–Crippen MR) is 110 cm³/mol. The largest absolute Gasteiger partial charge is 0.326 e. The van der Waals surface area contributed by atoms with Gasteiger partial charge in [0.2, 0.25) is 11.8 Å². The standard InChI is InChI=1S/C21H19N3O2S/c1-15-7-10-17(11-8-15)22-20(26)13-18-14-27-21(23-18)24-19(25)12-9-16-5-3-2-4-6-16/h2-12,14H,13H2,1H3,(H,22,26)(H,23,24,25)/b12-9+. The zero-order valence-corrected chi connectivity index (χ0v) is 15.6. The molecule has 3 aromatic rings. The minimum Gasteiger partial charge on any atom is -0.326 e. The van der Waals surface area contributed by atoms with E-state index in [9.17, 15) is 9.59 Å². The molecule has 1 heterocycles. The lowest BCUT2D eigenvalue weighted by Gasteiger charge is -2.04. The van der Waals surface area contributed by atoms with Gasteiger partial charge in [0.05, 0.1) is 12.1 Å². The molecular weight excluding hydrogens is 358 g/mol. The molecule has 0 aliphatic carbocycles. The van der Waals surface area contributed by atoms with Gasteiger partial charge in [-0.05, 0) is 30.7 Å². The number of carbonyl (C=O) groups excluding carboxylic acids is 2. The van der Waals surface area contributed by atoms with E-state index in [-0.39, 0.29) is 18.2 Å². The molecule has 2 amide bonds. The molecule has 0 unspecified atom stereocenters. The van der Waals surface area contributed by atoms with Crippen molar-refractivity contribution in [3.8, 4) is 0 Å². The van der Waals surface area contributed by atoms with Crippen LogP contribution in [0.2, 0.25) is 0 Å². The Balaban J connectivity index is 1.51. The summed E-state index contributed by atoms with van der Waals surface area (Å²) in [7, 11) is 0. The van der Waals surface area contributed by atoms with Crippen molar-refractivity contribution < 1.29 is 9.59 Å². The maximum atomic E-state index is 12.1. The highest BCUT2D eigenvalue weighted by molar-refractivity contribution is 7.14. The molecule has 2 N–H and O–H groups in total. The number of nitrogens with one attached hydrogen (secondary N) is 2. The summed E-state index contributed by atoms with van der Waals surface area (Å²) in [4.78, 5) is 28.4. The molecular formula is C21H19N3O2S. The number of hydrogen-bond donors (Lipinski definition) is 2. The SMILES string of the molecule is Cc1ccc(NC(=O)Cc2csc(NC(=O)/C=C/c3ccccc3)n2)cc1. The molecule has 3 rings (SSSR count). The van der Waals surface area contributed by atoms with Crippen LogP contribution in [0, 0.1) is 6.92 Å². The third-order valence-electron chi connectivity index (χ3n) is 3.69. The highest BCUT2D eigenvalue weighted by atomic mass is 32.1. The quantitative estimate of drug-likeness (QED) is 0.630. The number of hydrogen-bond acceptors (Lipinski definition) is 4. The molecule has 2 aromatic carbocycles. The third kappa shape index (κ3) is 5.90. The number of rotatable bonds is 6. The number of carbonyl (C=O) groups is 2. The van der Waals surface area contributed by atoms with E-state index in [1.54, 1.807) is 11.5 Å². The third-order valence-corrected chi connectivity index (χ3v) is 4.49. The minimum absolute atomic E-state index is 0.147. The lowest BCUT2D eigenvalue weighted by atomic mass is 10.2. The van der Waals surface area contributed by atoms with Crippen LogP contribution < -0.4 is 10.6 Å². The van der Waals surface area contributed by atoms with Crippen molar-refractivity contribution in [3.05, 3.63) is 82.9 Å². The van der Waals surface area contributed by atoms with Crippen LogP contribution in [0.4, 0.5) is 10.8 Å². The van der Waals surface area contributed by atoms with Crippen molar-refractivity contribution in [3.63, 3.8) is 0 Å². The van der Waals surface area contributed by atoms with Crippen molar-refractivity contribution in [2.24, 2.45) is 0 Å². The van der Waals surface area contributed by atoms with Gasteiger partial charge in [-0.3, -0.25) is 14.9 Å². The number of amides is 2. The first kappa shape index (κ1) is 18.5. The van der Waals surface area contributed by atoms with Gasteiger partial charge in [-0.25, -0.2) is 4.98 Å². The van der Waals surface area contributed by atoms with Gasteiger partial charge in [-0.1, -0.05) is 48.0 Å². The molecule has 0 atom stereocenters. The van der Waals surface area contributed by atoms with E-state index in [4.69, 9.17) is 0 Å². The number of aryl methyl sites for hydroxylation is 1. The predicted octanol–water partition coefficient (Wildman–Crippen LogP) is 4.28. The van der Waals surface area contributed by atoms with Gasteiger partial charge in [-0.2, -0.15) is 0 Å². The van der Waals surface area contributed by atoms with Gasteiger partial charge in [0.15, 0.2) is 5.13 Å². The number of thiazole rings is 1. The van der Waals surface area contributed by atoms with Gasteiger partial charge in [-0.15, -0.1) is 11.3 Å². The Kier molecular flexibility index (Phi) is 6.12. The molecule has 136 valence electrons. The van der Waals surface area contributed by atoms with Crippen LogP contribution in [0.3, 0.4) is 0 Å². The van der Waals surface area contributed by atoms with Gasteiger partial charge in [0.1, 0.15) is 0 Å². The first-order chi connectivity index (χ1) is 13.1. The first-order valence-electron chi connectivity index (χ1n) is 8.43. The van der Waals surface area contributed by atoms with Crippen LogP contribution in [0.15, 0.2) is 66.1 Å². The molecule has 0 aliphatic rings. The van der Waals surface area contributed by atoms with E-state index in [0.717, 1.165) is 16.8 Å². The molecule has 6 heteroatoms. The molecule has 0 spiro atoms. The number of nitrogens with zero attached hydrogens (tertiary/aromatic N) is 1. The van der Waals surface area contributed by atoms with Gasteiger partial charge in [0, 0.05) is 17.1 Å². The number of aromatic nitrogens is 1. The van der Waals surface area contributed by atoms with E-state index in [1.807, 2.05) is 61.5 Å². The van der Waals surface area contributed by atoms with Crippen LogP contribution in [-0.4, -0.2) is 16.8 Å². The maximum absolute atomic E-state index is 12.1. The fourth-order valence-corrected chi connectivity index (χ4v) is 3.05. The Morgan fingerprint density at radius 2 is 1.78 bits per heavy atom. The molecule has 0 fully saturated rings. The summed E-state index contributed by atoms with van der Waals surface area (Å²) in [5.74, 6) is -0.408. The van der Waals surface area contributed by atoms with Crippen molar-refractivity contribution >= 4 is 40.0 Å². The van der Waals surface area contributed by atoms with Crippen molar-refractivity contribution in [1.29, 1.82) is 0 Å². The van der Waals surface area contributed by atoms with Crippen molar-refractivity contribution in [2.75, 3.05) is 10.6 Å². The Morgan fingerprint density at radius 3 is 2.52 bits per heavy atom. The molecule has 5 nitrogen and oxygen atoms in total. The average Bonchev–Trinajstić information content (AvgIpc) is 3.09.